The van der Waals surface area contributed by atoms with Crippen LogP contribution in [0.3, 0.4) is 0 Å². The van der Waals surface area contributed by atoms with Gasteiger partial charge in [0.1, 0.15) is 0 Å². The number of amides is 1. The summed E-state index contributed by atoms with van der Waals surface area (Å²) in [6.07, 6.45) is 6.68. The Morgan fingerprint density at radius 2 is 2.12 bits per heavy atom. The maximum atomic E-state index is 13.1. The van der Waals surface area contributed by atoms with Crippen LogP contribution in [-0.4, -0.2) is 76.3 Å². The number of likely N-dealkylation sites (N-methyl/N-ethyl adjacent to an activating group) is 2. The van der Waals surface area contributed by atoms with E-state index < -0.39 is 0 Å². The fraction of sp³-hybridized carbons (Fsp3) is 0.667. The molecule has 2 fully saturated rings. The predicted octanol–water partition coefficient (Wildman–Crippen LogP) is 2.16. The summed E-state index contributed by atoms with van der Waals surface area (Å²) in [5.74, 6) is 0.113. The van der Waals surface area contributed by atoms with Crippen molar-refractivity contribution >= 4 is 22.2 Å². The fourth-order valence-electron chi connectivity index (χ4n) is 4.04. The molecule has 4 rings (SSSR count). The fourth-order valence-corrected chi connectivity index (χ4v) is 4.77. The largest absolute Gasteiger partial charge is 0.337 e. The van der Waals surface area contributed by atoms with Crippen LogP contribution >= 0.6 is 11.3 Å². The molecule has 1 amide bonds. The molecule has 0 N–H and O–H groups in total. The van der Waals surface area contributed by atoms with Crippen molar-refractivity contribution < 1.29 is 4.79 Å². The van der Waals surface area contributed by atoms with E-state index in [9.17, 15) is 4.79 Å². The Hall–Kier alpha value is -1.44. The quantitative estimate of drug-likeness (QED) is 0.837. The SMILES string of the molecule is CN1CCC(N(C)Cc2c(C(=O)N3CCCCC3)nc3sccn23)C1. The van der Waals surface area contributed by atoms with Crippen molar-refractivity contribution in [2.24, 2.45) is 0 Å². The Bertz CT molecular complexity index is 748. The third-order valence-electron chi connectivity index (χ3n) is 5.60. The number of aromatic nitrogens is 2. The normalized spacial score (nSPS) is 22.4. The van der Waals surface area contributed by atoms with Crippen LogP contribution in [0.2, 0.25) is 0 Å². The molecule has 1 atom stereocenters. The second-order valence-electron chi connectivity index (χ2n) is 7.44. The molecule has 0 aliphatic carbocycles. The van der Waals surface area contributed by atoms with Crippen LogP contribution in [0.1, 0.15) is 41.9 Å². The summed E-state index contributed by atoms with van der Waals surface area (Å²) in [5.41, 5.74) is 1.70. The topological polar surface area (TPSA) is 44.1 Å². The molecule has 2 saturated heterocycles. The second kappa shape index (κ2) is 7.05. The van der Waals surface area contributed by atoms with Crippen molar-refractivity contribution in [1.82, 2.24) is 24.1 Å². The number of hydrogen-bond donors (Lipinski definition) is 0. The molecular formula is C18H27N5OS. The molecule has 2 aliphatic rings. The van der Waals surface area contributed by atoms with Crippen molar-refractivity contribution in [1.29, 1.82) is 0 Å². The average Bonchev–Trinajstić information content (AvgIpc) is 3.32. The third kappa shape index (κ3) is 3.32. The lowest BCUT2D eigenvalue weighted by atomic mass is 10.1. The molecule has 2 aromatic rings. The first kappa shape index (κ1) is 17.0. The number of fused-ring (bicyclic) bond motifs is 1. The molecular weight excluding hydrogens is 334 g/mol. The zero-order chi connectivity index (χ0) is 17.4. The number of piperidine rings is 1. The van der Waals surface area contributed by atoms with E-state index in [1.54, 1.807) is 11.3 Å². The first-order valence-corrected chi connectivity index (χ1v) is 10.1. The number of rotatable bonds is 4. The van der Waals surface area contributed by atoms with Crippen molar-refractivity contribution in [2.45, 2.75) is 38.3 Å². The van der Waals surface area contributed by atoms with Gasteiger partial charge in [-0.25, -0.2) is 4.98 Å². The highest BCUT2D eigenvalue weighted by Crippen LogP contribution is 2.23. The first-order chi connectivity index (χ1) is 12.1. The van der Waals surface area contributed by atoms with E-state index in [-0.39, 0.29) is 5.91 Å². The highest BCUT2D eigenvalue weighted by Gasteiger charge is 2.29. The summed E-state index contributed by atoms with van der Waals surface area (Å²) in [4.78, 5) is 25.4. The molecule has 0 saturated carbocycles. The van der Waals surface area contributed by atoms with E-state index in [0.717, 1.165) is 56.2 Å². The Labute approximate surface area is 153 Å². The Balaban J connectivity index is 1.60. The van der Waals surface area contributed by atoms with Crippen LogP contribution in [0.25, 0.3) is 4.96 Å². The van der Waals surface area contributed by atoms with Crippen LogP contribution in [0.5, 0.6) is 0 Å². The minimum absolute atomic E-state index is 0.113. The maximum Gasteiger partial charge on any atom is 0.274 e. The first-order valence-electron chi connectivity index (χ1n) is 9.26. The summed E-state index contributed by atoms with van der Waals surface area (Å²) in [5, 5.41) is 2.05. The van der Waals surface area contributed by atoms with Gasteiger partial charge in [0.2, 0.25) is 0 Å². The summed E-state index contributed by atoms with van der Waals surface area (Å²) < 4.78 is 2.11. The monoisotopic (exact) mass is 361 g/mol. The molecule has 136 valence electrons. The highest BCUT2D eigenvalue weighted by atomic mass is 32.1. The average molecular weight is 362 g/mol. The summed E-state index contributed by atoms with van der Waals surface area (Å²) in [6.45, 7) is 4.75. The van der Waals surface area contributed by atoms with Gasteiger partial charge in [-0.1, -0.05) is 0 Å². The third-order valence-corrected chi connectivity index (χ3v) is 6.35. The van der Waals surface area contributed by atoms with Gasteiger partial charge in [-0.15, -0.1) is 11.3 Å². The molecule has 0 bridgehead atoms. The maximum absolute atomic E-state index is 13.1. The highest BCUT2D eigenvalue weighted by molar-refractivity contribution is 7.15. The van der Waals surface area contributed by atoms with Crippen molar-refractivity contribution in [3.8, 4) is 0 Å². The number of imidazole rings is 1. The van der Waals surface area contributed by atoms with Gasteiger partial charge in [0, 0.05) is 43.8 Å². The van der Waals surface area contributed by atoms with Gasteiger partial charge in [-0.2, -0.15) is 0 Å². The smallest absolute Gasteiger partial charge is 0.274 e. The van der Waals surface area contributed by atoms with Crippen molar-refractivity contribution in [3.05, 3.63) is 23.0 Å². The molecule has 1 unspecified atom stereocenters. The van der Waals surface area contributed by atoms with Gasteiger partial charge in [-0.05, 0) is 46.3 Å². The van der Waals surface area contributed by atoms with Crippen LogP contribution in [-0.2, 0) is 6.54 Å². The molecule has 25 heavy (non-hydrogen) atoms. The molecule has 2 aliphatic heterocycles. The van der Waals surface area contributed by atoms with Gasteiger partial charge >= 0.3 is 0 Å². The minimum atomic E-state index is 0.113. The minimum Gasteiger partial charge on any atom is -0.337 e. The van der Waals surface area contributed by atoms with Gasteiger partial charge in [0.05, 0.1) is 5.69 Å². The van der Waals surface area contributed by atoms with Crippen molar-refractivity contribution in [3.63, 3.8) is 0 Å². The van der Waals surface area contributed by atoms with Gasteiger partial charge in [0.25, 0.3) is 5.91 Å². The molecule has 0 spiro atoms. The van der Waals surface area contributed by atoms with Crippen LogP contribution in [0.4, 0.5) is 0 Å². The van der Waals surface area contributed by atoms with Crippen molar-refractivity contribution in [2.75, 3.05) is 40.3 Å². The number of hydrogen-bond acceptors (Lipinski definition) is 5. The number of carbonyl (C=O) groups excluding carboxylic acids is 1. The number of nitrogens with zero attached hydrogens (tertiary/aromatic N) is 5. The van der Waals surface area contributed by atoms with Crippen LogP contribution in [0.15, 0.2) is 11.6 Å². The van der Waals surface area contributed by atoms with Gasteiger partial charge in [-0.3, -0.25) is 14.1 Å². The van der Waals surface area contributed by atoms with Crippen LogP contribution in [0, 0.1) is 0 Å². The lowest BCUT2D eigenvalue weighted by Crippen LogP contribution is -2.37. The summed E-state index contributed by atoms with van der Waals surface area (Å²) in [6, 6.07) is 0.548. The molecule has 4 heterocycles. The van der Waals surface area contributed by atoms with E-state index in [1.807, 2.05) is 16.5 Å². The number of thiazole rings is 1. The molecule has 2 aromatic heterocycles. The van der Waals surface area contributed by atoms with E-state index in [4.69, 9.17) is 4.98 Å². The standard InChI is InChI=1S/C18H27N5OS/c1-20-9-6-14(12-20)21(2)13-15-16(19-18-23(15)10-11-25-18)17(24)22-7-4-3-5-8-22/h10-11,14H,3-9,12-13H2,1-2H3. The lowest BCUT2D eigenvalue weighted by molar-refractivity contribution is 0.0716. The Kier molecular flexibility index (Phi) is 4.80. The Morgan fingerprint density at radius 3 is 2.84 bits per heavy atom. The second-order valence-corrected chi connectivity index (χ2v) is 8.31. The summed E-state index contributed by atoms with van der Waals surface area (Å²) >= 11 is 1.60. The predicted molar refractivity (Wildman–Crippen MR) is 100 cm³/mol. The molecule has 0 radical (unpaired) electrons. The van der Waals surface area contributed by atoms with Gasteiger partial charge < -0.3 is 9.80 Å². The van der Waals surface area contributed by atoms with Gasteiger partial charge in [0.15, 0.2) is 10.7 Å². The van der Waals surface area contributed by atoms with Crippen LogP contribution < -0.4 is 0 Å². The zero-order valence-corrected chi connectivity index (χ0v) is 16.0. The number of carbonyl (C=O) groups is 1. The number of likely N-dealkylation sites (tertiary alicyclic amines) is 2. The lowest BCUT2D eigenvalue weighted by Gasteiger charge is -2.27. The van der Waals surface area contributed by atoms with E-state index in [2.05, 4.69) is 28.3 Å². The molecule has 6 nitrogen and oxygen atoms in total. The molecule has 7 heteroatoms. The zero-order valence-electron chi connectivity index (χ0n) is 15.1. The van der Waals surface area contributed by atoms with E-state index in [1.165, 1.54) is 12.8 Å². The van der Waals surface area contributed by atoms with E-state index >= 15 is 0 Å². The Morgan fingerprint density at radius 1 is 1.32 bits per heavy atom. The summed E-state index contributed by atoms with van der Waals surface area (Å²) in [7, 11) is 4.35. The van der Waals surface area contributed by atoms with E-state index in [0.29, 0.717) is 11.7 Å². The molecule has 0 aromatic carbocycles.